The van der Waals surface area contributed by atoms with Gasteiger partial charge in [-0.3, -0.25) is 4.79 Å². The number of rotatable bonds is 5. The molecule has 2 heterocycles. The Morgan fingerprint density at radius 2 is 2.25 bits per heavy atom. The number of ether oxygens (including phenoxy) is 1. The average molecular weight is 274 g/mol. The molecule has 2 N–H and O–H groups in total. The second-order valence-corrected chi connectivity index (χ2v) is 5.65. The molecular weight excluding hydrogens is 252 g/mol. The van der Waals surface area contributed by atoms with E-state index in [9.17, 15) is 4.79 Å². The first-order chi connectivity index (χ1) is 9.81. The summed E-state index contributed by atoms with van der Waals surface area (Å²) in [5.74, 6) is 1.02. The van der Waals surface area contributed by atoms with Crippen LogP contribution in [0.15, 0.2) is 18.2 Å². The van der Waals surface area contributed by atoms with Crippen LogP contribution < -0.4 is 15.4 Å². The molecule has 3 rings (SSSR count). The topological polar surface area (TPSA) is 50.4 Å². The molecule has 20 heavy (non-hydrogen) atoms. The van der Waals surface area contributed by atoms with E-state index in [0.29, 0.717) is 12.5 Å². The first-order valence-electron chi connectivity index (χ1n) is 7.60. The molecule has 1 aromatic carbocycles. The average Bonchev–Trinajstić information content (AvgIpc) is 2.97. The number of benzene rings is 1. The highest BCUT2D eigenvalue weighted by Gasteiger charge is 2.15. The van der Waals surface area contributed by atoms with Crippen LogP contribution in [0.5, 0.6) is 5.75 Å². The Bertz CT molecular complexity index is 481. The summed E-state index contributed by atoms with van der Waals surface area (Å²) in [7, 11) is 0. The molecule has 0 saturated carbocycles. The molecule has 4 heteroatoms. The number of anilines is 1. The minimum atomic E-state index is 0.107. The van der Waals surface area contributed by atoms with Crippen molar-refractivity contribution in [3.63, 3.8) is 0 Å². The van der Waals surface area contributed by atoms with Crippen molar-refractivity contribution in [1.29, 1.82) is 0 Å². The summed E-state index contributed by atoms with van der Waals surface area (Å²) in [5, 5.41) is 6.39. The number of nitrogens with one attached hydrogen (secondary N) is 2. The molecule has 108 valence electrons. The zero-order chi connectivity index (χ0) is 13.8. The highest BCUT2D eigenvalue weighted by Crippen LogP contribution is 2.26. The Morgan fingerprint density at radius 3 is 3.10 bits per heavy atom. The fourth-order valence-corrected chi connectivity index (χ4v) is 2.97. The Kier molecular flexibility index (Phi) is 4.21. The van der Waals surface area contributed by atoms with Crippen LogP contribution in [0.1, 0.15) is 37.7 Å². The van der Waals surface area contributed by atoms with Gasteiger partial charge in [-0.05, 0) is 62.4 Å². The molecule has 1 fully saturated rings. The first-order valence-corrected chi connectivity index (χ1v) is 7.60. The van der Waals surface area contributed by atoms with Crippen molar-refractivity contribution in [2.24, 2.45) is 0 Å². The van der Waals surface area contributed by atoms with Gasteiger partial charge >= 0.3 is 0 Å². The Morgan fingerprint density at radius 1 is 1.30 bits per heavy atom. The number of amides is 1. The van der Waals surface area contributed by atoms with Crippen LogP contribution in [0.25, 0.3) is 0 Å². The fraction of sp³-hybridized carbons (Fsp3) is 0.562. The van der Waals surface area contributed by atoms with Crippen molar-refractivity contribution in [2.45, 2.75) is 44.6 Å². The molecule has 2 aliphatic rings. The summed E-state index contributed by atoms with van der Waals surface area (Å²) in [6.07, 6.45) is 6.28. The lowest BCUT2D eigenvalue weighted by Crippen LogP contribution is -2.21. The second-order valence-electron chi connectivity index (χ2n) is 5.65. The number of hydrogen-bond donors (Lipinski definition) is 2. The maximum atomic E-state index is 11.3. The summed E-state index contributed by atoms with van der Waals surface area (Å²) < 4.78 is 5.82. The first kappa shape index (κ1) is 13.4. The van der Waals surface area contributed by atoms with Gasteiger partial charge in [0.1, 0.15) is 5.75 Å². The lowest BCUT2D eigenvalue weighted by molar-refractivity contribution is -0.116. The number of aryl methyl sites for hydroxylation is 1. The van der Waals surface area contributed by atoms with Crippen molar-refractivity contribution in [1.82, 2.24) is 5.32 Å². The minimum Gasteiger partial charge on any atom is -0.494 e. The third-order valence-corrected chi connectivity index (χ3v) is 4.10. The SMILES string of the molecule is O=C1CCc2cc(OCCCC3CCCN3)ccc2N1. The molecule has 0 spiro atoms. The van der Waals surface area contributed by atoms with E-state index in [4.69, 9.17) is 4.74 Å². The predicted molar refractivity (Wildman–Crippen MR) is 79.1 cm³/mol. The van der Waals surface area contributed by atoms with Crippen LogP contribution in [-0.4, -0.2) is 25.1 Å². The molecule has 0 bridgehead atoms. The van der Waals surface area contributed by atoms with Gasteiger partial charge in [0, 0.05) is 18.2 Å². The summed E-state index contributed by atoms with van der Waals surface area (Å²) in [5.41, 5.74) is 2.11. The van der Waals surface area contributed by atoms with E-state index in [0.717, 1.165) is 30.9 Å². The van der Waals surface area contributed by atoms with E-state index in [1.807, 2.05) is 12.1 Å². The van der Waals surface area contributed by atoms with E-state index in [1.54, 1.807) is 0 Å². The molecule has 0 aliphatic carbocycles. The van der Waals surface area contributed by atoms with Crippen molar-refractivity contribution < 1.29 is 9.53 Å². The molecule has 1 saturated heterocycles. The molecule has 4 nitrogen and oxygen atoms in total. The molecule has 0 radical (unpaired) electrons. The minimum absolute atomic E-state index is 0.107. The fourth-order valence-electron chi connectivity index (χ4n) is 2.97. The van der Waals surface area contributed by atoms with Crippen LogP contribution >= 0.6 is 0 Å². The summed E-state index contributed by atoms with van der Waals surface area (Å²) in [6.45, 7) is 1.94. The quantitative estimate of drug-likeness (QED) is 0.811. The van der Waals surface area contributed by atoms with Gasteiger partial charge in [0.15, 0.2) is 0 Å². The third-order valence-electron chi connectivity index (χ3n) is 4.10. The van der Waals surface area contributed by atoms with Crippen LogP contribution in [0, 0.1) is 0 Å². The standard InChI is InChI=1S/C16H22N2O2/c19-16-8-5-12-11-14(6-7-15(12)18-16)20-10-2-4-13-3-1-9-17-13/h6-7,11,13,17H,1-5,8-10H2,(H,18,19). The van der Waals surface area contributed by atoms with Crippen molar-refractivity contribution in [3.05, 3.63) is 23.8 Å². The molecule has 1 amide bonds. The highest BCUT2D eigenvalue weighted by atomic mass is 16.5. The molecule has 1 aromatic rings. The van der Waals surface area contributed by atoms with Crippen molar-refractivity contribution >= 4 is 11.6 Å². The monoisotopic (exact) mass is 274 g/mol. The number of hydrogen-bond acceptors (Lipinski definition) is 3. The van der Waals surface area contributed by atoms with E-state index >= 15 is 0 Å². The van der Waals surface area contributed by atoms with E-state index in [2.05, 4.69) is 16.7 Å². The third kappa shape index (κ3) is 3.31. The van der Waals surface area contributed by atoms with Gasteiger partial charge in [0.05, 0.1) is 6.61 Å². The lowest BCUT2D eigenvalue weighted by Gasteiger charge is -2.18. The van der Waals surface area contributed by atoms with Crippen molar-refractivity contribution in [2.75, 3.05) is 18.5 Å². The summed E-state index contributed by atoms with van der Waals surface area (Å²) in [4.78, 5) is 11.3. The smallest absolute Gasteiger partial charge is 0.224 e. The van der Waals surface area contributed by atoms with Crippen LogP contribution in [0.4, 0.5) is 5.69 Å². The molecule has 2 aliphatic heterocycles. The van der Waals surface area contributed by atoms with Gasteiger partial charge in [-0.1, -0.05) is 0 Å². The van der Waals surface area contributed by atoms with Gasteiger partial charge < -0.3 is 15.4 Å². The van der Waals surface area contributed by atoms with Gasteiger partial charge in [-0.25, -0.2) is 0 Å². The Balaban J connectivity index is 1.47. The largest absolute Gasteiger partial charge is 0.494 e. The number of fused-ring (bicyclic) bond motifs is 1. The molecule has 1 atom stereocenters. The highest BCUT2D eigenvalue weighted by molar-refractivity contribution is 5.93. The van der Waals surface area contributed by atoms with Crippen LogP contribution in [0.2, 0.25) is 0 Å². The van der Waals surface area contributed by atoms with Crippen LogP contribution in [-0.2, 0) is 11.2 Å². The Hall–Kier alpha value is -1.55. The van der Waals surface area contributed by atoms with E-state index < -0.39 is 0 Å². The zero-order valence-electron chi connectivity index (χ0n) is 11.8. The van der Waals surface area contributed by atoms with E-state index in [1.165, 1.54) is 31.4 Å². The van der Waals surface area contributed by atoms with Crippen LogP contribution in [0.3, 0.4) is 0 Å². The predicted octanol–water partition coefficient (Wildman–Crippen LogP) is 2.48. The second kappa shape index (κ2) is 6.27. The molecular formula is C16H22N2O2. The molecule has 1 unspecified atom stereocenters. The normalized spacial score (nSPS) is 21.4. The maximum absolute atomic E-state index is 11.3. The number of carbonyl (C=O) groups excluding carboxylic acids is 1. The zero-order valence-corrected chi connectivity index (χ0v) is 11.8. The summed E-state index contributed by atoms with van der Waals surface area (Å²) >= 11 is 0. The number of carbonyl (C=O) groups is 1. The van der Waals surface area contributed by atoms with Gasteiger partial charge in [0.25, 0.3) is 0 Å². The van der Waals surface area contributed by atoms with Gasteiger partial charge in [0.2, 0.25) is 5.91 Å². The Labute approximate surface area is 119 Å². The van der Waals surface area contributed by atoms with Gasteiger partial charge in [-0.15, -0.1) is 0 Å². The van der Waals surface area contributed by atoms with Crippen molar-refractivity contribution in [3.8, 4) is 5.75 Å². The maximum Gasteiger partial charge on any atom is 0.224 e. The molecule has 0 aromatic heterocycles. The lowest BCUT2D eigenvalue weighted by atomic mass is 10.0. The van der Waals surface area contributed by atoms with Gasteiger partial charge in [-0.2, -0.15) is 0 Å². The van der Waals surface area contributed by atoms with E-state index in [-0.39, 0.29) is 5.91 Å². The summed E-state index contributed by atoms with van der Waals surface area (Å²) in [6, 6.07) is 6.64.